The summed E-state index contributed by atoms with van der Waals surface area (Å²) >= 11 is 5.08. The van der Waals surface area contributed by atoms with Crippen LogP contribution in [0.3, 0.4) is 0 Å². The predicted molar refractivity (Wildman–Crippen MR) is 72.8 cm³/mol. The first-order valence-corrected chi connectivity index (χ1v) is 7.55. The number of rotatable bonds is 2. The summed E-state index contributed by atoms with van der Waals surface area (Å²) in [5, 5.41) is 12.3. The highest BCUT2D eigenvalue weighted by Gasteiger charge is 2.15. The minimum atomic E-state index is -0.388. The van der Waals surface area contributed by atoms with Crippen molar-refractivity contribution in [3.8, 4) is 0 Å². The van der Waals surface area contributed by atoms with E-state index in [0.29, 0.717) is 0 Å². The number of aliphatic hydroxyl groups excluding tert-OH is 1. The fourth-order valence-electron chi connectivity index (χ4n) is 2.15. The minimum absolute atomic E-state index is 0.388. The Morgan fingerprint density at radius 2 is 2.06 bits per heavy atom. The molecule has 0 amide bonds. The van der Waals surface area contributed by atoms with Crippen molar-refractivity contribution < 1.29 is 5.11 Å². The molecule has 88 valence electrons. The van der Waals surface area contributed by atoms with Gasteiger partial charge in [-0.15, -0.1) is 11.3 Å². The van der Waals surface area contributed by atoms with E-state index in [4.69, 9.17) is 0 Å². The van der Waals surface area contributed by atoms with Gasteiger partial charge in [0.25, 0.3) is 0 Å². The van der Waals surface area contributed by atoms with Crippen molar-refractivity contribution >= 4 is 27.3 Å². The summed E-state index contributed by atoms with van der Waals surface area (Å²) in [6.07, 6.45) is 9.15. The molecule has 1 aliphatic rings. The maximum absolute atomic E-state index is 10.3. The number of hydrogen-bond acceptors (Lipinski definition) is 2. The third kappa shape index (κ3) is 3.19. The smallest absolute Gasteiger partial charge is 0.101 e. The van der Waals surface area contributed by atoms with E-state index < -0.39 is 0 Å². The molecule has 0 aliphatic heterocycles. The van der Waals surface area contributed by atoms with Crippen molar-refractivity contribution in [2.75, 3.05) is 0 Å². The van der Waals surface area contributed by atoms with Gasteiger partial charge >= 0.3 is 0 Å². The van der Waals surface area contributed by atoms with Crippen LogP contribution in [0, 0.1) is 0 Å². The molecular weight excluding hydrogens is 284 g/mol. The molecule has 3 heteroatoms. The maximum atomic E-state index is 10.3. The predicted octanol–water partition coefficient (Wildman–Crippen LogP) is 4.82. The average Bonchev–Trinajstić information content (AvgIpc) is 2.63. The Morgan fingerprint density at radius 3 is 2.81 bits per heavy atom. The molecule has 0 saturated heterocycles. The van der Waals surface area contributed by atoms with E-state index in [0.717, 1.165) is 22.2 Å². The average molecular weight is 301 g/mol. The van der Waals surface area contributed by atoms with E-state index in [1.165, 1.54) is 31.3 Å². The zero-order chi connectivity index (χ0) is 11.4. The van der Waals surface area contributed by atoms with Crippen LogP contribution in [0.1, 0.15) is 50.2 Å². The van der Waals surface area contributed by atoms with E-state index >= 15 is 0 Å². The van der Waals surface area contributed by atoms with Crippen LogP contribution in [-0.4, -0.2) is 5.11 Å². The van der Waals surface area contributed by atoms with E-state index in [1.54, 1.807) is 11.3 Å². The molecule has 0 spiro atoms. The highest BCUT2D eigenvalue weighted by Crippen LogP contribution is 2.32. The lowest BCUT2D eigenvalue weighted by Gasteiger charge is -2.16. The topological polar surface area (TPSA) is 20.2 Å². The van der Waals surface area contributed by atoms with Gasteiger partial charge in [-0.05, 0) is 64.2 Å². The number of thiophene rings is 1. The summed E-state index contributed by atoms with van der Waals surface area (Å²) in [7, 11) is 0. The molecular formula is C13H17BrOS. The molecule has 1 unspecified atom stereocenters. The third-order valence-corrected chi connectivity index (χ3v) is 4.60. The van der Waals surface area contributed by atoms with Gasteiger partial charge in [-0.1, -0.05) is 18.9 Å². The summed E-state index contributed by atoms with van der Waals surface area (Å²) < 4.78 is 1.09. The lowest BCUT2D eigenvalue weighted by atomic mass is 9.94. The molecule has 1 aromatic rings. The minimum Gasteiger partial charge on any atom is -0.384 e. The van der Waals surface area contributed by atoms with Crippen LogP contribution in [0.4, 0.5) is 0 Å². The molecule has 2 rings (SSSR count). The highest BCUT2D eigenvalue weighted by molar-refractivity contribution is 9.11. The fraction of sp³-hybridized carbons (Fsp3) is 0.538. The lowest BCUT2D eigenvalue weighted by molar-refractivity contribution is 0.209. The lowest BCUT2D eigenvalue weighted by Crippen LogP contribution is -2.02. The van der Waals surface area contributed by atoms with Gasteiger partial charge < -0.3 is 5.11 Å². The Labute approximate surface area is 109 Å². The van der Waals surface area contributed by atoms with Crippen molar-refractivity contribution in [1.82, 2.24) is 0 Å². The van der Waals surface area contributed by atoms with Crippen LogP contribution in [0.15, 0.2) is 26.9 Å². The zero-order valence-electron chi connectivity index (χ0n) is 9.29. The number of halogens is 1. The van der Waals surface area contributed by atoms with Crippen molar-refractivity contribution in [2.24, 2.45) is 0 Å². The summed E-state index contributed by atoms with van der Waals surface area (Å²) in [6, 6.07) is 2.02. The Kier molecular flexibility index (Phi) is 4.62. The quantitative estimate of drug-likeness (QED) is 0.776. The Morgan fingerprint density at radius 1 is 1.25 bits per heavy atom. The molecule has 1 N–H and O–H groups in total. The number of hydrogen-bond donors (Lipinski definition) is 1. The van der Waals surface area contributed by atoms with E-state index in [9.17, 15) is 5.11 Å². The Balaban J connectivity index is 2.09. The Hall–Kier alpha value is -0.120. The molecule has 16 heavy (non-hydrogen) atoms. The van der Waals surface area contributed by atoms with Crippen LogP contribution in [-0.2, 0) is 0 Å². The van der Waals surface area contributed by atoms with Gasteiger partial charge in [0.2, 0.25) is 0 Å². The van der Waals surface area contributed by atoms with Crippen LogP contribution < -0.4 is 0 Å². The molecule has 1 aliphatic carbocycles. The molecule has 1 heterocycles. The molecule has 0 fully saturated rings. The van der Waals surface area contributed by atoms with Crippen molar-refractivity contribution in [1.29, 1.82) is 0 Å². The van der Waals surface area contributed by atoms with Crippen LogP contribution in [0.5, 0.6) is 0 Å². The summed E-state index contributed by atoms with van der Waals surface area (Å²) in [5.41, 5.74) is 2.24. The van der Waals surface area contributed by atoms with E-state index in [-0.39, 0.29) is 6.10 Å². The second kappa shape index (κ2) is 5.99. The summed E-state index contributed by atoms with van der Waals surface area (Å²) in [5.74, 6) is 0. The van der Waals surface area contributed by atoms with Gasteiger partial charge in [0, 0.05) is 0 Å². The first-order valence-electron chi connectivity index (χ1n) is 5.88. The largest absolute Gasteiger partial charge is 0.384 e. The molecule has 1 atom stereocenters. The molecule has 0 aromatic carbocycles. The van der Waals surface area contributed by atoms with E-state index in [2.05, 4.69) is 22.0 Å². The van der Waals surface area contributed by atoms with Crippen molar-refractivity contribution in [2.45, 2.75) is 44.6 Å². The Bertz CT molecular complexity index is 370. The van der Waals surface area contributed by atoms with Gasteiger partial charge in [0.1, 0.15) is 6.10 Å². The molecule has 1 aromatic heterocycles. The van der Waals surface area contributed by atoms with Crippen LogP contribution >= 0.6 is 27.3 Å². The van der Waals surface area contributed by atoms with Gasteiger partial charge in [-0.3, -0.25) is 0 Å². The van der Waals surface area contributed by atoms with Gasteiger partial charge in [0.05, 0.1) is 3.79 Å². The monoisotopic (exact) mass is 300 g/mol. The van der Waals surface area contributed by atoms with Gasteiger partial charge in [-0.25, -0.2) is 0 Å². The fourth-order valence-corrected chi connectivity index (χ4v) is 3.34. The third-order valence-electron chi connectivity index (χ3n) is 3.08. The molecule has 0 radical (unpaired) electrons. The summed E-state index contributed by atoms with van der Waals surface area (Å²) in [6.45, 7) is 0. The van der Waals surface area contributed by atoms with Crippen molar-refractivity contribution in [3.05, 3.63) is 32.4 Å². The van der Waals surface area contributed by atoms with Crippen molar-refractivity contribution in [3.63, 3.8) is 0 Å². The standard InChI is InChI=1S/C13H17BrOS/c14-12-8-11(9-16-12)13(15)10-6-4-2-1-3-5-7-10/h6,8-9,13,15H,1-5,7H2. The van der Waals surface area contributed by atoms with Gasteiger partial charge in [-0.2, -0.15) is 0 Å². The van der Waals surface area contributed by atoms with E-state index in [1.807, 2.05) is 11.4 Å². The SMILES string of the molecule is OC(C1=CCCCCCC1)c1csc(Br)c1. The first-order chi connectivity index (χ1) is 7.77. The number of aliphatic hydroxyl groups is 1. The molecule has 0 bridgehead atoms. The normalized spacial score (nSPS) is 19.8. The van der Waals surface area contributed by atoms with Crippen LogP contribution in [0.25, 0.3) is 0 Å². The second-order valence-electron chi connectivity index (χ2n) is 4.32. The number of allylic oxidation sites excluding steroid dienone is 1. The zero-order valence-corrected chi connectivity index (χ0v) is 11.7. The second-order valence-corrected chi connectivity index (χ2v) is 6.61. The summed E-state index contributed by atoms with van der Waals surface area (Å²) in [4.78, 5) is 0. The first kappa shape index (κ1) is 12.3. The molecule has 1 nitrogen and oxygen atoms in total. The van der Waals surface area contributed by atoms with Gasteiger partial charge in [0.15, 0.2) is 0 Å². The molecule has 0 saturated carbocycles. The highest BCUT2D eigenvalue weighted by atomic mass is 79.9. The van der Waals surface area contributed by atoms with Crippen LogP contribution in [0.2, 0.25) is 0 Å². The maximum Gasteiger partial charge on any atom is 0.101 e.